The lowest BCUT2D eigenvalue weighted by atomic mass is 9.95. The van der Waals surface area contributed by atoms with E-state index in [0.29, 0.717) is 6.04 Å². The summed E-state index contributed by atoms with van der Waals surface area (Å²) < 4.78 is 0. The summed E-state index contributed by atoms with van der Waals surface area (Å²) in [6, 6.07) is 10.9. The third kappa shape index (κ3) is 2.41. The van der Waals surface area contributed by atoms with E-state index in [9.17, 15) is 4.79 Å². The Labute approximate surface area is 108 Å². The normalized spacial score (nSPS) is 20.4. The average molecular weight is 244 g/mol. The van der Waals surface area contributed by atoms with E-state index in [4.69, 9.17) is 0 Å². The van der Waals surface area contributed by atoms with Crippen molar-refractivity contribution in [3.05, 3.63) is 35.9 Å². The molecule has 3 rings (SSSR count). The van der Waals surface area contributed by atoms with Gasteiger partial charge in [-0.2, -0.15) is 0 Å². The molecule has 0 atom stereocenters. The summed E-state index contributed by atoms with van der Waals surface area (Å²) >= 11 is 0. The van der Waals surface area contributed by atoms with E-state index < -0.39 is 0 Å². The van der Waals surface area contributed by atoms with Gasteiger partial charge in [0.2, 0.25) is 5.91 Å². The van der Waals surface area contributed by atoms with Crippen LogP contribution in [0.5, 0.6) is 0 Å². The Balaban J connectivity index is 1.51. The van der Waals surface area contributed by atoms with E-state index in [1.165, 1.54) is 12.8 Å². The Bertz CT molecular complexity index is 421. The molecule has 2 aliphatic carbocycles. The molecule has 0 unspecified atom stereocenters. The number of rotatable bonds is 6. The minimum Gasteiger partial charge on any atom is -0.354 e. The summed E-state index contributed by atoms with van der Waals surface area (Å²) in [4.78, 5) is 12.2. The fraction of sp³-hybridized carbons (Fsp3) is 0.533. The van der Waals surface area contributed by atoms with Gasteiger partial charge in [0.05, 0.1) is 5.41 Å². The van der Waals surface area contributed by atoms with Crippen LogP contribution >= 0.6 is 0 Å². The smallest absolute Gasteiger partial charge is 0.230 e. The third-order valence-corrected chi connectivity index (χ3v) is 3.93. The van der Waals surface area contributed by atoms with Gasteiger partial charge in [-0.3, -0.25) is 4.79 Å². The van der Waals surface area contributed by atoms with Crippen LogP contribution in [0.4, 0.5) is 0 Å². The zero-order valence-corrected chi connectivity index (χ0v) is 10.6. The molecule has 2 aliphatic rings. The molecule has 18 heavy (non-hydrogen) atoms. The van der Waals surface area contributed by atoms with E-state index in [0.717, 1.165) is 31.5 Å². The molecule has 1 amide bonds. The number of hydrogen-bond acceptors (Lipinski definition) is 2. The largest absolute Gasteiger partial charge is 0.354 e. The predicted molar refractivity (Wildman–Crippen MR) is 71.4 cm³/mol. The maximum Gasteiger partial charge on any atom is 0.230 e. The highest BCUT2D eigenvalue weighted by atomic mass is 16.2. The first kappa shape index (κ1) is 11.7. The molecule has 2 N–H and O–H groups in total. The van der Waals surface area contributed by atoms with Crippen LogP contribution in [0.3, 0.4) is 0 Å². The van der Waals surface area contributed by atoms with Crippen LogP contribution in [-0.4, -0.2) is 25.0 Å². The maximum absolute atomic E-state index is 12.2. The topological polar surface area (TPSA) is 41.1 Å². The monoisotopic (exact) mass is 244 g/mol. The fourth-order valence-electron chi connectivity index (χ4n) is 2.44. The van der Waals surface area contributed by atoms with Crippen molar-refractivity contribution >= 4 is 5.91 Å². The molecule has 1 aromatic rings. The van der Waals surface area contributed by atoms with Gasteiger partial charge in [0.25, 0.3) is 0 Å². The Morgan fingerprint density at radius 3 is 2.50 bits per heavy atom. The second kappa shape index (κ2) is 4.73. The lowest BCUT2D eigenvalue weighted by molar-refractivity contribution is -0.123. The van der Waals surface area contributed by atoms with Gasteiger partial charge < -0.3 is 10.6 Å². The van der Waals surface area contributed by atoms with E-state index >= 15 is 0 Å². The van der Waals surface area contributed by atoms with Crippen molar-refractivity contribution in [1.82, 2.24) is 10.6 Å². The number of carbonyl (C=O) groups is 1. The van der Waals surface area contributed by atoms with Gasteiger partial charge in [0.1, 0.15) is 0 Å². The van der Waals surface area contributed by atoms with Gasteiger partial charge in [-0.15, -0.1) is 0 Å². The molecule has 0 bridgehead atoms. The van der Waals surface area contributed by atoms with Crippen LogP contribution < -0.4 is 10.6 Å². The lowest BCUT2D eigenvalue weighted by Crippen LogP contribution is -2.39. The zero-order valence-electron chi connectivity index (χ0n) is 10.6. The first-order valence-electron chi connectivity index (χ1n) is 6.88. The van der Waals surface area contributed by atoms with Gasteiger partial charge in [-0.05, 0) is 31.2 Å². The molecule has 96 valence electrons. The molecular formula is C15H20N2O. The van der Waals surface area contributed by atoms with Crippen molar-refractivity contribution in [3.8, 4) is 0 Å². The highest BCUT2D eigenvalue weighted by molar-refractivity contribution is 5.91. The standard InChI is InChI=1S/C15H20N2O/c18-14(17-11-10-16-13-6-7-13)15(8-9-15)12-4-2-1-3-5-12/h1-5,13,16H,6-11H2,(H,17,18). The summed E-state index contributed by atoms with van der Waals surface area (Å²) in [7, 11) is 0. The van der Waals surface area contributed by atoms with Crippen molar-refractivity contribution in [2.24, 2.45) is 0 Å². The predicted octanol–water partition coefficient (Wildman–Crippen LogP) is 1.59. The summed E-state index contributed by atoms with van der Waals surface area (Å²) in [5.74, 6) is 0.200. The van der Waals surface area contributed by atoms with Crippen molar-refractivity contribution in [3.63, 3.8) is 0 Å². The Kier molecular flexibility index (Phi) is 3.08. The summed E-state index contributed by atoms with van der Waals surface area (Å²) in [6.45, 7) is 1.63. The van der Waals surface area contributed by atoms with Crippen LogP contribution in [0, 0.1) is 0 Å². The quantitative estimate of drug-likeness (QED) is 0.746. The van der Waals surface area contributed by atoms with Crippen molar-refractivity contribution in [2.75, 3.05) is 13.1 Å². The molecule has 0 aromatic heterocycles. The van der Waals surface area contributed by atoms with Crippen LogP contribution in [0.15, 0.2) is 30.3 Å². The molecule has 0 radical (unpaired) electrons. The van der Waals surface area contributed by atoms with Crippen LogP contribution in [0.25, 0.3) is 0 Å². The Morgan fingerprint density at radius 2 is 1.89 bits per heavy atom. The molecule has 3 heteroatoms. The van der Waals surface area contributed by atoms with Crippen LogP contribution in [-0.2, 0) is 10.2 Å². The van der Waals surface area contributed by atoms with Crippen molar-refractivity contribution < 1.29 is 4.79 Å². The van der Waals surface area contributed by atoms with E-state index in [1.54, 1.807) is 0 Å². The van der Waals surface area contributed by atoms with E-state index in [-0.39, 0.29) is 11.3 Å². The molecular weight excluding hydrogens is 224 g/mol. The number of amides is 1. The molecule has 0 aliphatic heterocycles. The van der Waals surface area contributed by atoms with E-state index in [2.05, 4.69) is 22.8 Å². The molecule has 1 aromatic carbocycles. The maximum atomic E-state index is 12.2. The number of benzene rings is 1. The van der Waals surface area contributed by atoms with Crippen molar-refractivity contribution in [1.29, 1.82) is 0 Å². The second-order valence-corrected chi connectivity index (χ2v) is 5.43. The molecule has 0 saturated heterocycles. The fourth-order valence-corrected chi connectivity index (χ4v) is 2.44. The molecule has 3 nitrogen and oxygen atoms in total. The van der Waals surface area contributed by atoms with E-state index in [1.807, 2.05) is 18.2 Å². The highest BCUT2D eigenvalue weighted by Gasteiger charge is 2.50. The lowest BCUT2D eigenvalue weighted by Gasteiger charge is -2.15. The molecule has 2 saturated carbocycles. The Morgan fingerprint density at radius 1 is 1.17 bits per heavy atom. The van der Waals surface area contributed by atoms with Gasteiger partial charge in [-0.1, -0.05) is 30.3 Å². The molecule has 0 spiro atoms. The SMILES string of the molecule is O=C(NCCNC1CC1)C1(c2ccccc2)CC1. The first-order valence-corrected chi connectivity index (χ1v) is 6.88. The number of hydrogen-bond donors (Lipinski definition) is 2. The summed E-state index contributed by atoms with van der Waals surface area (Å²) in [5, 5.41) is 6.47. The van der Waals surface area contributed by atoms with Crippen LogP contribution in [0.2, 0.25) is 0 Å². The van der Waals surface area contributed by atoms with Gasteiger partial charge in [0.15, 0.2) is 0 Å². The minimum absolute atomic E-state index is 0.200. The van der Waals surface area contributed by atoms with Crippen LogP contribution in [0.1, 0.15) is 31.2 Å². The number of nitrogens with one attached hydrogen (secondary N) is 2. The van der Waals surface area contributed by atoms with Gasteiger partial charge in [0, 0.05) is 19.1 Å². The van der Waals surface area contributed by atoms with Gasteiger partial charge >= 0.3 is 0 Å². The number of carbonyl (C=O) groups excluding carboxylic acids is 1. The van der Waals surface area contributed by atoms with Crippen molar-refractivity contribution in [2.45, 2.75) is 37.1 Å². The zero-order chi connectivity index (χ0) is 12.4. The molecule has 2 fully saturated rings. The minimum atomic E-state index is -0.221. The highest BCUT2D eigenvalue weighted by Crippen LogP contribution is 2.48. The van der Waals surface area contributed by atoms with Gasteiger partial charge in [-0.25, -0.2) is 0 Å². The Hall–Kier alpha value is -1.35. The average Bonchev–Trinajstić information content (AvgIpc) is 3.29. The summed E-state index contributed by atoms with van der Waals surface area (Å²) in [6.07, 6.45) is 4.56. The third-order valence-electron chi connectivity index (χ3n) is 3.93. The summed E-state index contributed by atoms with van der Waals surface area (Å²) in [5.41, 5.74) is 0.943. The molecule has 0 heterocycles. The second-order valence-electron chi connectivity index (χ2n) is 5.43. The first-order chi connectivity index (χ1) is 8.81.